The Bertz CT molecular complexity index is 348. The Balaban J connectivity index is 2.29. The van der Waals surface area contributed by atoms with Crippen molar-refractivity contribution in [3.8, 4) is 0 Å². The van der Waals surface area contributed by atoms with Gasteiger partial charge in [0, 0.05) is 24.3 Å². The molecule has 2 nitrogen and oxygen atoms in total. The van der Waals surface area contributed by atoms with Crippen molar-refractivity contribution in [2.24, 2.45) is 11.3 Å². The molecule has 2 saturated carbocycles. The highest BCUT2D eigenvalue weighted by atomic mass is 28.4. The second-order valence-corrected chi connectivity index (χ2v) is 12.5. The average molecular weight is 341 g/mol. The van der Waals surface area contributed by atoms with E-state index in [0.29, 0.717) is 11.0 Å². The summed E-state index contributed by atoms with van der Waals surface area (Å²) in [4.78, 5) is 0. The topological polar surface area (TPSA) is 18.5 Å². The molecule has 2 fully saturated rings. The van der Waals surface area contributed by atoms with Gasteiger partial charge in [-0.05, 0) is 49.9 Å². The second kappa shape index (κ2) is 8.49. The Morgan fingerprint density at radius 2 is 1.61 bits per heavy atom. The molecule has 3 unspecified atom stereocenters. The van der Waals surface area contributed by atoms with Crippen LogP contribution in [-0.4, -0.2) is 21.8 Å². The van der Waals surface area contributed by atoms with E-state index in [4.69, 9.17) is 8.85 Å². The maximum Gasteiger partial charge on any atom is 0.344 e. The number of hydrogen-bond acceptors (Lipinski definition) is 2. The Labute approximate surface area is 146 Å². The monoisotopic (exact) mass is 340 g/mol. The molecule has 23 heavy (non-hydrogen) atoms. The van der Waals surface area contributed by atoms with E-state index >= 15 is 0 Å². The Morgan fingerprint density at radius 1 is 0.957 bits per heavy atom. The van der Waals surface area contributed by atoms with Crippen LogP contribution in [0.25, 0.3) is 0 Å². The molecule has 0 aromatic rings. The molecule has 0 N–H and O–H groups in total. The minimum atomic E-state index is -2.16. The minimum absolute atomic E-state index is 0.466. The zero-order valence-electron chi connectivity index (χ0n) is 16.3. The fraction of sp³-hybridized carbons (Fsp3) is 1.00. The highest BCUT2D eigenvalue weighted by Crippen LogP contribution is 2.55. The molecule has 0 heterocycles. The SMILES string of the molecule is CCCO[Si](OCCC)(C1CCCC(C)(C)C1)C1CCCC1C. The fourth-order valence-electron chi connectivity index (χ4n) is 5.10. The van der Waals surface area contributed by atoms with E-state index < -0.39 is 8.56 Å². The van der Waals surface area contributed by atoms with Crippen LogP contribution in [0.4, 0.5) is 0 Å². The molecule has 2 aliphatic rings. The summed E-state index contributed by atoms with van der Waals surface area (Å²) in [5.41, 5.74) is 1.89. The van der Waals surface area contributed by atoms with Crippen molar-refractivity contribution in [1.82, 2.24) is 0 Å². The third-order valence-electron chi connectivity index (χ3n) is 6.22. The van der Waals surface area contributed by atoms with Crippen LogP contribution in [0, 0.1) is 11.3 Å². The smallest absolute Gasteiger partial charge is 0.344 e. The van der Waals surface area contributed by atoms with Gasteiger partial charge in [-0.2, -0.15) is 0 Å². The lowest BCUT2D eigenvalue weighted by Gasteiger charge is -2.47. The Kier molecular flexibility index (Phi) is 7.18. The zero-order chi connectivity index (χ0) is 16.9. The van der Waals surface area contributed by atoms with Crippen LogP contribution < -0.4 is 0 Å². The third kappa shape index (κ3) is 4.61. The van der Waals surface area contributed by atoms with E-state index in [1.54, 1.807) is 0 Å². The third-order valence-corrected chi connectivity index (χ3v) is 11.0. The van der Waals surface area contributed by atoms with Crippen molar-refractivity contribution in [2.45, 2.75) is 103 Å². The van der Waals surface area contributed by atoms with Crippen LogP contribution in [0.2, 0.25) is 11.1 Å². The first kappa shape index (κ1) is 19.5. The van der Waals surface area contributed by atoms with Gasteiger partial charge in [-0.1, -0.05) is 53.9 Å². The summed E-state index contributed by atoms with van der Waals surface area (Å²) in [6, 6.07) is 0. The van der Waals surface area contributed by atoms with Crippen LogP contribution in [-0.2, 0) is 8.85 Å². The van der Waals surface area contributed by atoms with Crippen molar-refractivity contribution >= 4 is 8.56 Å². The first-order valence-electron chi connectivity index (χ1n) is 10.2. The van der Waals surface area contributed by atoms with E-state index in [1.807, 2.05) is 0 Å². The summed E-state index contributed by atoms with van der Waals surface area (Å²) in [5.74, 6) is 0.792. The van der Waals surface area contributed by atoms with Crippen molar-refractivity contribution < 1.29 is 8.85 Å². The molecule has 0 saturated heterocycles. The van der Waals surface area contributed by atoms with Gasteiger partial charge in [-0.15, -0.1) is 0 Å². The largest absolute Gasteiger partial charge is 0.394 e. The molecule has 0 aromatic heterocycles. The summed E-state index contributed by atoms with van der Waals surface area (Å²) >= 11 is 0. The van der Waals surface area contributed by atoms with Gasteiger partial charge in [0.05, 0.1) is 0 Å². The van der Waals surface area contributed by atoms with Crippen LogP contribution in [0.3, 0.4) is 0 Å². The van der Waals surface area contributed by atoms with Gasteiger partial charge in [0.25, 0.3) is 0 Å². The quantitative estimate of drug-likeness (QED) is 0.473. The average Bonchev–Trinajstić information content (AvgIpc) is 2.94. The van der Waals surface area contributed by atoms with Crippen LogP contribution in [0.1, 0.15) is 92.4 Å². The fourth-order valence-corrected chi connectivity index (χ4v) is 10.7. The van der Waals surface area contributed by atoms with Crippen molar-refractivity contribution in [1.29, 1.82) is 0 Å². The summed E-state index contributed by atoms with van der Waals surface area (Å²) in [5, 5.41) is 0. The van der Waals surface area contributed by atoms with E-state index in [1.165, 1.54) is 44.9 Å². The maximum atomic E-state index is 6.78. The summed E-state index contributed by atoms with van der Waals surface area (Å²) < 4.78 is 13.6. The first-order chi connectivity index (χ1) is 10.9. The molecule has 136 valence electrons. The highest BCUT2D eigenvalue weighted by molar-refractivity contribution is 6.70. The van der Waals surface area contributed by atoms with Crippen molar-refractivity contribution in [2.75, 3.05) is 13.2 Å². The molecule has 0 amide bonds. The number of rotatable bonds is 8. The molecule has 2 rings (SSSR count). The Morgan fingerprint density at radius 3 is 2.09 bits per heavy atom. The van der Waals surface area contributed by atoms with Crippen molar-refractivity contribution in [3.63, 3.8) is 0 Å². The minimum Gasteiger partial charge on any atom is -0.394 e. The summed E-state index contributed by atoms with van der Waals surface area (Å²) in [6.07, 6.45) is 11.7. The summed E-state index contributed by atoms with van der Waals surface area (Å²) in [6.45, 7) is 13.6. The van der Waals surface area contributed by atoms with Crippen LogP contribution >= 0.6 is 0 Å². The lowest BCUT2D eigenvalue weighted by molar-refractivity contribution is 0.119. The van der Waals surface area contributed by atoms with Gasteiger partial charge in [-0.3, -0.25) is 0 Å². The summed E-state index contributed by atoms with van der Waals surface area (Å²) in [7, 11) is -2.16. The standard InChI is InChI=1S/C20H40O2Si/c1-6-14-21-23(22-15-7-2,19-12-8-10-17(19)3)18-11-9-13-20(4,5)16-18/h17-19H,6-16H2,1-5H3. The zero-order valence-corrected chi connectivity index (χ0v) is 17.3. The molecular weight excluding hydrogens is 300 g/mol. The van der Waals surface area contributed by atoms with Gasteiger partial charge in [0.1, 0.15) is 0 Å². The maximum absolute atomic E-state index is 6.78. The molecule has 3 heteroatoms. The van der Waals surface area contributed by atoms with Crippen LogP contribution in [0.15, 0.2) is 0 Å². The van der Waals surface area contributed by atoms with E-state index in [-0.39, 0.29) is 0 Å². The van der Waals surface area contributed by atoms with Crippen LogP contribution in [0.5, 0.6) is 0 Å². The molecular formula is C20H40O2Si. The Hall–Kier alpha value is 0.137. The van der Waals surface area contributed by atoms with Gasteiger partial charge in [0.15, 0.2) is 0 Å². The normalized spacial score (nSPS) is 31.4. The lowest BCUT2D eigenvalue weighted by atomic mass is 9.77. The van der Waals surface area contributed by atoms with Gasteiger partial charge in [0.2, 0.25) is 0 Å². The molecule has 0 aromatic carbocycles. The predicted molar refractivity (Wildman–Crippen MR) is 101 cm³/mol. The molecule has 0 bridgehead atoms. The highest BCUT2D eigenvalue weighted by Gasteiger charge is 2.56. The lowest BCUT2D eigenvalue weighted by Crippen LogP contribution is -2.54. The second-order valence-electron chi connectivity index (χ2n) is 8.89. The molecule has 3 atom stereocenters. The molecule has 2 aliphatic carbocycles. The predicted octanol–water partition coefficient (Wildman–Crippen LogP) is 6.44. The van der Waals surface area contributed by atoms with Crippen molar-refractivity contribution in [3.05, 3.63) is 0 Å². The van der Waals surface area contributed by atoms with Gasteiger partial charge in [-0.25, -0.2) is 0 Å². The van der Waals surface area contributed by atoms with Gasteiger partial charge < -0.3 is 8.85 Å². The molecule has 0 radical (unpaired) electrons. The van der Waals surface area contributed by atoms with E-state index in [9.17, 15) is 0 Å². The molecule has 0 spiro atoms. The van der Waals surface area contributed by atoms with E-state index in [0.717, 1.165) is 37.5 Å². The number of hydrogen-bond donors (Lipinski definition) is 0. The van der Waals surface area contributed by atoms with Gasteiger partial charge >= 0.3 is 8.56 Å². The van der Waals surface area contributed by atoms with E-state index in [2.05, 4.69) is 34.6 Å². The molecule has 0 aliphatic heterocycles. The first-order valence-corrected chi connectivity index (χ1v) is 12.2.